The topological polar surface area (TPSA) is 75.7 Å². The number of nitrogens with zero attached hydrogens (tertiary/aromatic N) is 1. The van der Waals surface area contributed by atoms with Gasteiger partial charge in [-0.2, -0.15) is 0 Å². The molecule has 1 N–H and O–H groups in total. The zero-order valence-electron chi connectivity index (χ0n) is 21.2. The standard InChI is InChI=1S/C30H29FN2O4S/c1-22-8-9-23(2)29(18-22)33(38(35,36)28-6-4-3-5-7-28)20-30(34)32-19-24-12-16-27(17-13-24)37-21-25-10-14-26(31)15-11-25/h3-18H,19-21H2,1-2H3,(H,32,34). The zero-order valence-corrected chi connectivity index (χ0v) is 22.0. The van der Waals surface area contributed by atoms with Crippen molar-refractivity contribution >= 4 is 21.6 Å². The molecule has 0 saturated carbocycles. The number of ether oxygens (including phenoxy) is 1. The number of halogens is 1. The molecule has 0 unspecified atom stereocenters. The maximum absolute atomic E-state index is 13.5. The number of aryl methyl sites for hydroxylation is 2. The van der Waals surface area contributed by atoms with Gasteiger partial charge in [0.05, 0.1) is 10.6 Å². The Morgan fingerprint density at radius 2 is 1.53 bits per heavy atom. The monoisotopic (exact) mass is 532 g/mol. The summed E-state index contributed by atoms with van der Waals surface area (Å²) in [6.07, 6.45) is 0. The van der Waals surface area contributed by atoms with Gasteiger partial charge in [0.15, 0.2) is 0 Å². The minimum absolute atomic E-state index is 0.116. The minimum Gasteiger partial charge on any atom is -0.489 e. The third-order valence-corrected chi connectivity index (χ3v) is 7.76. The second-order valence-corrected chi connectivity index (χ2v) is 10.8. The largest absolute Gasteiger partial charge is 0.489 e. The lowest BCUT2D eigenvalue weighted by Gasteiger charge is -2.26. The second kappa shape index (κ2) is 11.9. The Kier molecular flexibility index (Phi) is 8.43. The lowest BCUT2D eigenvalue weighted by molar-refractivity contribution is -0.119. The molecule has 4 aromatic carbocycles. The summed E-state index contributed by atoms with van der Waals surface area (Å²) < 4.78 is 47.0. The summed E-state index contributed by atoms with van der Waals surface area (Å²) in [7, 11) is -3.97. The molecule has 4 rings (SSSR count). The van der Waals surface area contributed by atoms with Crippen LogP contribution in [0.5, 0.6) is 5.75 Å². The van der Waals surface area contributed by atoms with Gasteiger partial charge in [-0.3, -0.25) is 9.10 Å². The van der Waals surface area contributed by atoms with Gasteiger partial charge in [-0.05, 0) is 78.6 Å². The minimum atomic E-state index is -3.97. The van der Waals surface area contributed by atoms with Gasteiger partial charge in [-0.15, -0.1) is 0 Å². The van der Waals surface area contributed by atoms with Crippen LogP contribution in [0.25, 0.3) is 0 Å². The van der Waals surface area contributed by atoms with Crippen LogP contribution in [-0.4, -0.2) is 20.9 Å². The number of rotatable bonds is 10. The number of hydrogen-bond donors (Lipinski definition) is 1. The maximum atomic E-state index is 13.5. The van der Waals surface area contributed by atoms with Crippen molar-refractivity contribution in [1.29, 1.82) is 0 Å². The smallest absolute Gasteiger partial charge is 0.264 e. The van der Waals surface area contributed by atoms with Gasteiger partial charge < -0.3 is 10.1 Å². The number of carbonyl (C=O) groups excluding carboxylic acids is 1. The lowest BCUT2D eigenvalue weighted by Crippen LogP contribution is -2.41. The van der Waals surface area contributed by atoms with Crippen LogP contribution in [0.15, 0.2) is 102 Å². The summed E-state index contributed by atoms with van der Waals surface area (Å²) >= 11 is 0. The molecule has 0 fully saturated rings. The Hall–Kier alpha value is -4.17. The quantitative estimate of drug-likeness (QED) is 0.291. The maximum Gasteiger partial charge on any atom is 0.264 e. The van der Waals surface area contributed by atoms with Crippen LogP contribution < -0.4 is 14.4 Å². The molecule has 0 aliphatic heterocycles. The van der Waals surface area contributed by atoms with Gasteiger partial charge in [0.25, 0.3) is 10.0 Å². The Bertz CT molecular complexity index is 1490. The molecule has 196 valence electrons. The first kappa shape index (κ1) is 26.9. The summed E-state index contributed by atoms with van der Waals surface area (Å²) in [6, 6.07) is 26.9. The summed E-state index contributed by atoms with van der Waals surface area (Å²) in [6.45, 7) is 3.87. The fourth-order valence-electron chi connectivity index (χ4n) is 3.85. The van der Waals surface area contributed by atoms with E-state index in [1.54, 1.807) is 48.5 Å². The summed E-state index contributed by atoms with van der Waals surface area (Å²) in [4.78, 5) is 13.1. The molecule has 6 nitrogen and oxygen atoms in total. The molecule has 0 saturated heterocycles. The van der Waals surface area contributed by atoms with Crippen molar-refractivity contribution in [2.75, 3.05) is 10.8 Å². The first-order chi connectivity index (χ1) is 18.2. The molecule has 0 aliphatic carbocycles. The highest BCUT2D eigenvalue weighted by Gasteiger charge is 2.28. The zero-order chi connectivity index (χ0) is 27.1. The third kappa shape index (κ3) is 6.77. The van der Waals surface area contributed by atoms with Crippen LogP contribution in [0.4, 0.5) is 10.1 Å². The van der Waals surface area contributed by atoms with Gasteiger partial charge >= 0.3 is 0 Å². The number of amides is 1. The molecular formula is C30H29FN2O4S. The van der Waals surface area contributed by atoms with Crippen molar-refractivity contribution in [3.05, 3.63) is 125 Å². The Balaban J connectivity index is 1.42. The molecule has 4 aromatic rings. The molecule has 0 aliphatic rings. The van der Waals surface area contributed by atoms with Crippen molar-refractivity contribution in [1.82, 2.24) is 5.32 Å². The number of carbonyl (C=O) groups is 1. The van der Waals surface area contributed by atoms with Gasteiger partial charge in [0, 0.05) is 6.54 Å². The van der Waals surface area contributed by atoms with E-state index in [0.717, 1.165) is 26.6 Å². The molecule has 0 aromatic heterocycles. The van der Waals surface area contributed by atoms with Gasteiger partial charge in [-0.25, -0.2) is 12.8 Å². The molecule has 0 bridgehead atoms. The highest BCUT2D eigenvalue weighted by atomic mass is 32.2. The molecule has 0 radical (unpaired) electrons. The molecule has 1 amide bonds. The molecule has 0 heterocycles. The average molecular weight is 533 g/mol. The SMILES string of the molecule is Cc1ccc(C)c(N(CC(=O)NCc2ccc(OCc3ccc(F)cc3)cc2)S(=O)(=O)c2ccccc2)c1. The van der Waals surface area contributed by atoms with Crippen molar-refractivity contribution in [3.8, 4) is 5.75 Å². The van der Waals surface area contributed by atoms with Crippen molar-refractivity contribution in [3.63, 3.8) is 0 Å². The number of hydrogen-bond acceptors (Lipinski definition) is 4. The fraction of sp³-hybridized carbons (Fsp3) is 0.167. The predicted molar refractivity (Wildman–Crippen MR) is 146 cm³/mol. The van der Waals surface area contributed by atoms with Crippen molar-refractivity contribution in [2.24, 2.45) is 0 Å². The van der Waals surface area contributed by atoms with Gasteiger partial charge in [0.1, 0.15) is 24.7 Å². The van der Waals surface area contributed by atoms with Crippen LogP contribution in [0, 0.1) is 19.7 Å². The normalized spacial score (nSPS) is 11.1. The fourth-order valence-corrected chi connectivity index (χ4v) is 5.34. The Morgan fingerprint density at radius 1 is 0.868 bits per heavy atom. The second-order valence-electron chi connectivity index (χ2n) is 8.95. The van der Waals surface area contributed by atoms with Crippen molar-refractivity contribution in [2.45, 2.75) is 31.9 Å². The molecular weight excluding hydrogens is 503 g/mol. The Labute approximate surface area is 222 Å². The van der Waals surface area contributed by atoms with Crippen molar-refractivity contribution < 1.29 is 22.3 Å². The van der Waals surface area contributed by atoms with Crippen LogP contribution in [0.2, 0.25) is 0 Å². The van der Waals surface area contributed by atoms with E-state index >= 15 is 0 Å². The average Bonchev–Trinajstić information content (AvgIpc) is 2.92. The highest BCUT2D eigenvalue weighted by Crippen LogP contribution is 2.27. The number of anilines is 1. The Morgan fingerprint density at radius 3 is 2.21 bits per heavy atom. The number of benzene rings is 4. The summed E-state index contributed by atoms with van der Waals surface area (Å²) in [5, 5.41) is 2.82. The van der Waals surface area contributed by atoms with E-state index in [-0.39, 0.29) is 23.8 Å². The highest BCUT2D eigenvalue weighted by molar-refractivity contribution is 7.92. The first-order valence-electron chi connectivity index (χ1n) is 12.1. The third-order valence-electron chi connectivity index (χ3n) is 5.98. The first-order valence-corrected chi connectivity index (χ1v) is 13.5. The lowest BCUT2D eigenvalue weighted by atomic mass is 10.1. The van der Waals surface area contributed by atoms with E-state index < -0.39 is 15.9 Å². The van der Waals surface area contributed by atoms with Crippen LogP contribution in [0.3, 0.4) is 0 Å². The van der Waals surface area contributed by atoms with Gasteiger partial charge in [0.2, 0.25) is 5.91 Å². The van der Waals surface area contributed by atoms with E-state index in [4.69, 9.17) is 4.74 Å². The summed E-state index contributed by atoms with van der Waals surface area (Å²) in [5.41, 5.74) is 3.78. The molecule has 0 atom stereocenters. The van der Waals surface area contributed by atoms with Crippen LogP contribution in [-0.2, 0) is 28.0 Å². The number of nitrogens with one attached hydrogen (secondary N) is 1. The van der Waals surface area contributed by atoms with Crippen LogP contribution in [0.1, 0.15) is 22.3 Å². The van der Waals surface area contributed by atoms with Gasteiger partial charge in [-0.1, -0.05) is 54.6 Å². The molecule has 0 spiro atoms. The van der Waals surface area contributed by atoms with E-state index in [2.05, 4.69) is 5.32 Å². The van der Waals surface area contributed by atoms with Crippen LogP contribution >= 0.6 is 0 Å². The molecule has 38 heavy (non-hydrogen) atoms. The molecule has 8 heteroatoms. The van der Waals surface area contributed by atoms with E-state index in [9.17, 15) is 17.6 Å². The number of sulfonamides is 1. The van der Waals surface area contributed by atoms with E-state index in [0.29, 0.717) is 18.0 Å². The van der Waals surface area contributed by atoms with E-state index in [1.165, 1.54) is 24.3 Å². The summed E-state index contributed by atoms with van der Waals surface area (Å²) in [5.74, 6) is -0.0866. The van der Waals surface area contributed by atoms with E-state index in [1.807, 2.05) is 38.1 Å². The predicted octanol–water partition coefficient (Wildman–Crippen LogP) is 5.53.